The van der Waals surface area contributed by atoms with E-state index in [-0.39, 0.29) is 9.90 Å². The molecule has 1 atom stereocenters. The summed E-state index contributed by atoms with van der Waals surface area (Å²) in [6.07, 6.45) is 0. The molecule has 0 aromatic carbocycles. The van der Waals surface area contributed by atoms with Gasteiger partial charge in [0, 0.05) is 0 Å². The second-order valence-corrected chi connectivity index (χ2v) is 9.23. The van der Waals surface area contributed by atoms with Crippen molar-refractivity contribution in [1.82, 2.24) is 0 Å². The summed E-state index contributed by atoms with van der Waals surface area (Å²) in [7, 11) is -2.84. The summed E-state index contributed by atoms with van der Waals surface area (Å²) in [5.41, 5.74) is -0.223. The van der Waals surface area contributed by atoms with Gasteiger partial charge in [-0.1, -0.05) is 0 Å². The van der Waals surface area contributed by atoms with Gasteiger partial charge >= 0.3 is 109 Å². The van der Waals surface area contributed by atoms with Crippen LogP contribution in [0.3, 0.4) is 0 Å². The van der Waals surface area contributed by atoms with Crippen LogP contribution in [0.15, 0.2) is 10.3 Å². The van der Waals surface area contributed by atoms with Gasteiger partial charge in [-0.25, -0.2) is 0 Å². The number of hydrogen-bond acceptors (Lipinski definition) is 6. The van der Waals surface area contributed by atoms with Gasteiger partial charge in [0.1, 0.15) is 0 Å². The van der Waals surface area contributed by atoms with Gasteiger partial charge in [-0.3, -0.25) is 0 Å². The van der Waals surface area contributed by atoms with Gasteiger partial charge in [-0.05, 0) is 0 Å². The summed E-state index contributed by atoms with van der Waals surface area (Å²) in [5.74, 6) is 0. The average molecular weight is 343 g/mol. The monoisotopic (exact) mass is 343 g/mol. The van der Waals surface area contributed by atoms with Crippen molar-refractivity contribution in [2.24, 2.45) is 0 Å². The van der Waals surface area contributed by atoms with Gasteiger partial charge in [0.2, 0.25) is 0 Å². The van der Waals surface area contributed by atoms with Crippen molar-refractivity contribution in [3.05, 3.63) is 16.2 Å². The average Bonchev–Trinajstić information content (AvgIpc) is 2.61. The first-order chi connectivity index (χ1) is 7.86. The first-order valence-corrected chi connectivity index (χ1v) is 9.13. The molecule has 0 radical (unpaired) electrons. The van der Waals surface area contributed by atoms with Gasteiger partial charge in [0.15, 0.2) is 0 Å². The molecule has 1 N–H and O–H groups in total. The van der Waals surface area contributed by atoms with E-state index < -0.39 is 30.8 Å². The number of hydrogen-bond donors (Lipinski definition) is 1. The summed E-state index contributed by atoms with van der Waals surface area (Å²) < 4.78 is 35.5. The van der Waals surface area contributed by atoms with Crippen LogP contribution in [0.1, 0.15) is 0 Å². The van der Waals surface area contributed by atoms with E-state index in [2.05, 4.69) is 0 Å². The minimum atomic E-state index is -4.37. The SMILES string of the molecule is COCC[AsH]c1sc(S(=O)(=O)O)cc1[N+](=O)[O-]. The van der Waals surface area contributed by atoms with Crippen molar-refractivity contribution in [1.29, 1.82) is 0 Å². The third kappa shape index (κ3) is 4.04. The fourth-order valence-electron chi connectivity index (χ4n) is 1.02. The van der Waals surface area contributed by atoms with Crippen LogP contribution in [0.25, 0.3) is 0 Å². The summed E-state index contributed by atoms with van der Waals surface area (Å²) in [4.78, 5) is 10.1. The normalized spacial score (nSPS) is 12.4. The number of thiophene rings is 1. The Kier molecular flexibility index (Phi) is 5.08. The van der Waals surface area contributed by atoms with Gasteiger partial charge in [0.25, 0.3) is 0 Å². The number of nitrogens with zero attached hydrogens (tertiary/aromatic N) is 1. The van der Waals surface area contributed by atoms with Crippen molar-refractivity contribution in [3.63, 3.8) is 0 Å². The van der Waals surface area contributed by atoms with Crippen molar-refractivity contribution < 1.29 is 22.6 Å². The summed E-state index contributed by atoms with van der Waals surface area (Å²) >= 11 is -0.0601. The van der Waals surface area contributed by atoms with Crippen LogP contribution < -0.4 is 3.66 Å². The summed E-state index contributed by atoms with van der Waals surface area (Å²) in [6, 6.07) is 0.908. The molecule has 7 nitrogen and oxygen atoms in total. The first-order valence-electron chi connectivity index (χ1n) is 4.34. The van der Waals surface area contributed by atoms with Crippen molar-refractivity contribution in [3.8, 4) is 0 Å². The van der Waals surface area contributed by atoms with Crippen LogP contribution in [-0.2, 0) is 14.9 Å². The van der Waals surface area contributed by atoms with Gasteiger partial charge in [-0.15, -0.1) is 0 Å². The third-order valence-corrected chi connectivity index (χ3v) is 7.53. The van der Waals surface area contributed by atoms with Gasteiger partial charge in [0.05, 0.1) is 0 Å². The Morgan fingerprint density at radius 3 is 2.76 bits per heavy atom. The Balaban J connectivity index is 3.02. The third-order valence-electron chi connectivity index (χ3n) is 1.73. The fourth-order valence-corrected chi connectivity index (χ4v) is 6.61. The first kappa shape index (κ1) is 14.6. The summed E-state index contributed by atoms with van der Waals surface area (Å²) in [5, 5.41) is 11.4. The van der Waals surface area contributed by atoms with Crippen molar-refractivity contribution >= 4 is 46.6 Å². The van der Waals surface area contributed by atoms with E-state index in [0.29, 0.717) is 15.5 Å². The molecule has 1 heterocycles. The predicted octanol–water partition coefficient (Wildman–Crippen LogP) is 0.0295. The molecule has 0 saturated heterocycles. The fraction of sp³-hybridized carbons (Fsp3) is 0.429. The molecule has 1 unspecified atom stereocenters. The second-order valence-electron chi connectivity index (χ2n) is 2.93. The van der Waals surface area contributed by atoms with Crippen LogP contribution in [0.5, 0.6) is 0 Å². The van der Waals surface area contributed by atoms with E-state index in [1.165, 1.54) is 7.11 Å². The van der Waals surface area contributed by atoms with Crippen LogP contribution in [0.4, 0.5) is 5.69 Å². The zero-order valence-corrected chi connectivity index (χ0v) is 12.5. The Bertz CT molecular complexity index is 510. The Hall–Kier alpha value is -0.472. The molecule has 0 aliphatic heterocycles. The summed E-state index contributed by atoms with van der Waals surface area (Å²) in [6.45, 7) is 0.482. The molecule has 1 rings (SSSR count). The molecule has 0 amide bonds. The van der Waals surface area contributed by atoms with Crippen molar-refractivity contribution in [2.45, 2.75) is 9.42 Å². The topological polar surface area (TPSA) is 107 Å². The standard InChI is InChI=1S/C7H10AsNO6S2/c1-15-3-2-8-7-5(9(10)11)4-6(16-7)17(12,13)14/h4,8H,2-3H2,1H3,(H,12,13,14). The molecular formula is C7H10AsNO6S2. The van der Waals surface area contributed by atoms with Crippen LogP contribution >= 0.6 is 11.3 Å². The van der Waals surface area contributed by atoms with Crippen LogP contribution in [0.2, 0.25) is 5.21 Å². The molecule has 0 saturated carbocycles. The Labute approximate surface area is 108 Å². The molecule has 17 heavy (non-hydrogen) atoms. The zero-order valence-electron chi connectivity index (χ0n) is 8.74. The van der Waals surface area contributed by atoms with E-state index in [0.717, 1.165) is 17.4 Å². The Morgan fingerprint density at radius 1 is 1.65 bits per heavy atom. The molecule has 0 aliphatic carbocycles. The van der Waals surface area contributed by atoms with Crippen LogP contribution in [-0.4, -0.2) is 47.4 Å². The molecule has 10 heteroatoms. The van der Waals surface area contributed by atoms with E-state index in [9.17, 15) is 18.5 Å². The Morgan fingerprint density at radius 2 is 2.29 bits per heavy atom. The molecule has 1 aromatic rings. The van der Waals surface area contributed by atoms with Gasteiger partial charge in [-0.2, -0.15) is 0 Å². The van der Waals surface area contributed by atoms with Gasteiger partial charge < -0.3 is 0 Å². The quantitative estimate of drug-likeness (QED) is 0.257. The number of methoxy groups -OCH3 is 1. The second kappa shape index (κ2) is 5.92. The molecule has 0 spiro atoms. The predicted molar refractivity (Wildman–Crippen MR) is 64.3 cm³/mol. The molecule has 0 fully saturated rings. The number of nitro groups is 1. The molecule has 0 bridgehead atoms. The van der Waals surface area contributed by atoms with E-state index in [4.69, 9.17) is 9.29 Å². The maximum absolute atomic E-state index is 10.9. The number of ether oxygens (including phenoxy) is 1. The molecule has 96 valence electrons. The molecule has 1 aromatic heterocycles. The van der Waals surface area contributed by atoms with E-state index in [1.54, 1.807) is 0 Å². The van der Waals surface area contributed by atoms with Crippen molar-refractivity contribution in [2.75, 3.05) is 13.7 Å². The maximum atomic E-state index is 10.9. The van der Waals surface area contributed by atoms with E-state index in [1.807, 2.05) is 0 Å². The van der Waals surface area contributed by atoms with E-state index >= 15 is 0 Å². The molecule has 0 aliphatic rings. The zero-order chi connectivity index (χ0) is 13.1. The molecular weight excluding hydrogens is 333 g/mol. The minimum absolute atomic E-state index is 0.223. The van der Waals surface area contributed by atoms with Crippen LogP contribution in [0, 0.1) is 10.1 Å². The number of rotatable bonds is 6.